The molecule has 0 aromatic rings. The van der Waals surface area contributed by atoms with Crippen LogP contribution in [0.1, 0.15) is 81.5 Å². The highest BCUT2D eigenvalue weighted by atomic mass is 16.5. The number of fused-ring (bicyclic) bond motifs is 1. The van der Waals surface area contributed by atoms with Gasteiger partial charge in [-0.05, 0) is 50.5 Å². The fourth-order valence-corrected chi connectivity index (χ4v) is 3.13. The molecule has 1 heterocycles. The third-order valence-corrected chi connectivity index (χ3v) is 4.04. The number of hydrazine groups is 1. The Hall–Kier alpha value is -0.540. The number of allylic oxidation sites excluding steroid dienone is 1. The minimum atomic E-state index is 0. The molecule has 3 nitrogen and oxygen atoms in total. The average molecular weight is 301 g/mol. The molecule has 2 rings (SSSR count). The maximum atomic E-state index is 5.81. The maximum Gasteiger partial charge on any atom is 0.0578 e. The van der Waals surface area contributed by atoms with E-state index in [4.69, 9.17) is 4.74 Å². The SMILES string of the molecule is CC.CC.CCOC1CCCC2CNNC(CC)=C2CC1.[HH]. The molecule has 0 saturated heterocycles. The van der Waals surface area contributed by atoms with Crippen LogP contribution in [-0.4, -0.2) is 19.3 Å². The van der Waals surface area contributed by atoms with Crippen molar-refractivity contribution in [1.29, 1.82) is 0 Å². The van der Waals surface area contributed by atoms with Crippen molar-refractivity contribution in [1.82, 2.24) is 10.9 Å². The highest BCUT2D eigenvalue weighted by molar-refractivity contribution is 5.19. The predicted octanol–water partition coefficient (Wildman–Crippen LogP) is 5.04. The molecule has 2 N–H and O–H groups in total. The number of ether oxygens (including phenoxy) is 1. The van der Waals surface area contributed by atoms with Gasteiger partial charge in [-0.15, -0.1) is 0 Å². The van der Waals surface area contributed by atoms with Crippen LogP contribution in [0.3, 0.4) is 0 Å². The van der Waals surface area contributed by atoms with Crippen molar-refractivity contribution in [2.24, 2.45) is 5.92 Å². The van der Waals surface area contributed by atoms with Gasteiger partial charge < -0.3 is 10.2 Å². The molecule has 1 aliphatic carbocycles. The van der Waals surface area contributed by atoms with Crippen molar-refractivity contribution in [3.63, 3.8) is 0 Å². The molecular formula is C18H40N2O. The van der Waals surface area contributed by atoms with E-state index in [9.17, 15) is 0 Å². The second-order valence-corrected chi connectivity index (χ2v) is 5.11. The third kappa shape index (κ3) is 6.84. The molecule has 1 fully saturated rings. The zero-order valence-corrected chi connectivity index (χ0v) is 15.2. The lowest BCUT2D eigenvalue weighted by molar-refractivity contribution is 0.0449. The summed E-state index contributed by atoms with van der Waals surface area (Å²) in [5.41, 5.74) is 9.77. The zero-order valence-electron chi connectivity index (χ0n) is 15.2. The molecule has 2 atom stereocenters. The second kappa shape index (κ2) is 13.1. The monoisotopic (exact) mass is 300 g/mol. The number of hydrogen-bond donors (Lipinski definition) is 2. The Kier molecular flexibility index (Phi) is 12.8. The van der Waals surface area contributed by atoms with Crippen molar-refractivity contribution in [3.8, 4) is 0 Å². The Morgan fingerprint density at radius 3 is 2.43 bits per heavy atom. The zero-order chi connectivity index (χ0) is 16.1. The van der Waals surface area contributed by atoms with E-state index in [0.29, 0.717) is 6.10 Å². The molecule has 0 aromatic heterocycles. The van der Waals surface area contributed by atoms with E-state index >= 15 is 0 Å². The molecule has 2 unspecified atom stereocenters. The van der Waals surface area contributed by atoms with Crippen LogP contribution in [0.15, 0.2) is 11.3 Å². The van der Waals surface area contributed by atoms with Crippen LogP contribution in [0.2, 0.25) is 0 Å². The van der Waals surface area contributed by atoms with Gasteiger partial charge in [-0.2, -0.15) is 0 Å². The molecule has 0 radical (unpaired) electrons. The van der Waals surface area contributed by atoms with Crippen molar-refractivity contribution in [2.75, 3.05) is 13.2 Å². The van der Waals surface area contributed by atoms with Gasteiger partial charge in [-0.1, -0.05) is 41.0 Å². The van der Waals surface area contributed by atoms with Crippen LogP contribution in [-0.2, 0) is 4.74 Å². The molecule has 1 aliphatic heterocycles. The Labute approximate surface area is 134 Å². The fourth-order valence-electron chi connectivity index (χ4n) is 3.13. The summed E-state index contributed by atoms with van der Waals surface area (Å²) in [7, 11) is 0. The molecular weight excluding hydrogens is 260 g/mol. The van der Waals surface area contributed by atoms with Crippen molar-refractivity contribution in [3.05, 3.63) is 11.3 Å². The maximum absolute atomic E-state index is 5.81. The standard InChI is InChI=1S/C14H26N2O.2C2H6.H2/c1-3-14-13-9-8-12(17-4-2)7-5-6-11(13)10-15-16-14;2*1-2;/h11-12,15-16H,3-10H2,1-2H3;2*1-2H3;1H. The first-order chi connectivity index (χ1) is 10.3. The summed E-state index contributed by atoms with van der Waals surface area (Å²) in [5.74, 6) is 0.758. The van der Waals surface area contributed by atoms with E-state index in [1.54, 1.807) is 5.57 Å². The van der Waals surface area contributed by atoms with Crippen LogP contribution in [0.5, 0.6) is 0 Å². The lowest BCUT2D eigenvalue weighted by Crippen LogP contribution is -2.42. The van der Waals surface area contributed by atoms with E-state index in [-0.39, 0.29) is 1.43 Å². The Morgan fingerprint density at radius 1 is 1.10 bits per heavy atom. The summed E-state index contributed by atoms with van der Waals surface area (Å²) in [6.07, 6.45) is 7.87. The smallest absolute Gasteiger partial charge is 0.0578 e. The van der Waals surface area contributed by atoms with Gasteiger partial charge in [0.15, 0.2) is 0 Å². The molecule has 21 heavy (non-hydrogen) atoms. The van der Waals surface area contributed by atoms with E-state index in [1.165, 1.54) is 37.8 Å². The van der Waals surface area contributed by atoms with Gasteiger partial charge in [-0.25, -0.2) is 5.43 Å². The quantitative estimate of drug-likeness (QED) is 0.766. The lowest BCUT2D eigenvalue weighted by atomic mass is 9.83. The number of rotatable bonds is 3. The van der Waals surface area contributed by atoms with Gasteiger partial charge in [0.1, 0.15) is 0 Å². The minimum absolute atomic E-state index is 0. The largest absolute Gasteiger partial charge is 0.378 e. The number of hydrogen-bond acceptors (Lipinski definition) is 3. The van der Waals surface area contributed by atoms with Gasteiger partial charge in [0, 0.05) is 20.3 Å². The Morgan fingerprint density at radius 2 is 1.81 bits per heavy atom. The molecule has 128 valence electrons. The summed E-state index contributed by atoms with van der Waals surface area (Å²) >= 11 is 0. The summed E-state index contributed by atoms with van der Waals surface area (Å²) in [6.45, 7) is 14.3. The highest BCUT2D eigenvalue weighted by Crippen LogP contribution is 2.32. The summed E-state index contributed by atoms with van der Waals surface area (Å²) in [5, 5.41) is 0. The predicted molar refractivity (Wildman–Crippen MR) is 95.3 cm³/mol. The molecule has 0 bridgehead atoms. The number of nitrogens with one attached hydrogen (secondary N) is 2. The van der Waals surface area contributed by atoms with Crippen molar-refractivity contribution >= 4 is 0 Å². The van der Waals surface area contributed by atoms with E-state index in [0.717, 1.165) is 25.5 Å². The molecule has 0 amide bonds. The van der Waals surface area contributed by atoms with Crippen molar-refractivity contribution in [2.45, 2.75) is 86.2 Å². The van der Waals surface area contributed by atoms with Crippen LogP contribution in [0.4, 0.5) is 0 Å². The first-order valence-electron chi connectivity index (χ1n) is 9.17. The van der Waals surface area contributed by atoms with Gasteiger partial charge in [0.25, 0.3) is 0 Å². The molecule has 1 saturated carbocycles. The lowest BCUT2D eigenvalue weighted by Gasteiger charge is -2.33. The second-order valence-electron chi connectivity index (χ2n) is 5.11. The van der Waals surface area contributed by atoms with Crippen LogP contribution in [0, 0.1) is 5.92 Å². The van der Waals surface area contributed by atoms with E-state index < -0.39 is 0 Å². The molecule has 3 heteroatoms. The van der Waals surface area contributed by atoms with Gasteiger partial charge in [0.05, 0.1) is 6.10 Å². The normalized spacial score (nSPS) is 25.0. The van der Waals surface area contributed by atoms with Crippen LogP contribution in [0.25, 0.3) is 0 Å². The summed E-state index contributed by atoms with van der Waals surface area (Å²) in [6, 6.07) is 0. The Bertz CT molecular complexity index is 282. The van der Waals surface area contributed by atoms with E-state index in [1.807, 2.05) is 27.7 Å². The van der Waals surface area contributed by atoms with E-state index in [2.05, 4.69) is 24.7 Å². The molecule has 2 aliphatic rings. The summed E-state index contributed by atoms with van der Waals surface area (Å²) in [4.78, 5) is 0. The van der Waals surface area contributed by atoms with Crippen molar-refractivity contribution < 1.29 is 6.16 Å². The minimum Gasteiger partial charge on any atom is -0.378 e. The highest BCUT2D eigenvalue weighted by Gasteiger charge is 2.25. The molecule has 0 spiro atoms. The van der Waals surface area contributed by atoms with Crippen LogP contribution < -0.4 is 10.9 Å². The fraction of sp³-hybridized carbons (Fsp3) is 0.889. The van der Waals surface area contributed by atoms with Crippen LogP contribution >= 0.6 is 0 Å². The first-order valence-corrected chi connectivity index (χ1v) is 9.17. The Balaban J connectivity index is 0. The first kappa shape index (κ1) is 20.5. The van der Waals surface area contributed by atoms with Gasteiger partial charge >= 0.3 is 0 Å². The van der Waals surface area contributed by atoms with Gasteiger partial charge in [-0.3, -0.25) is 0 Å². The topological polar surface area (TPSA) is 33.3 Å². The molecule has 0 aromatic carbocycles. The average Bonchev–Trinajstić information content (AvgIpc) is 2.54. The van der Waals surface area contributed by atoms with Gasteiger partial charge in [0.2, 0.25) is 0 Å². The summed E-state index contributed by atoms with van der Waals surface area (Å²) < 4.78 is 5.81. The third-order valence-electron chi connectivity index (χ3n) is 4.04.